The van der Waals surface area contributed by atoms with Crippen LogP contribution in [-0.2, 0) is 22.5 Å². The van der Waals surface area contributed by atoms with E-state index in [2.05, 4.69) is 71.3 Å². The summed E-state index contributed by atoms with van der Waals surface area (Å²) in [5.41, 5.74) is 4.28. The average molecular weight is 419 g/mol. The first-order valence-electron chi connectivity index (χ1n) is 11.8. The summed E-state index contributed by atoms with van der Waals surface area (Å²) in [4.78, 5) is 17.7. The smallest absolute Gasteiger partial charge is 0.226 e. The molecule has 1 amide bonds. The van der Waals surface area contributed by atoms with Crippen LogP contribution in [0.25, 0.3) is 0 Å². The number of benzene rings is 2. The minimum atomic E-state index is 0.258. The van der Waals surface area contributed by atoms with Crippen molar-refractivity contribution in [2.24, 2.45) is 10.8 Å². The first-order chi connectivity index (χ1) is 15.1. The first kappa shape index (κ1) is 20.7. The number of likely N-dealkylation sites (tertiary alicyclic amines) is 2. The summed E-state index contributed by atoms with van der Waals surface area (Å²) in [6, 6.07) is 19.2. The molecule has 5 rings (SSSR count). The van der Waals surface area contributed by atoms with Gasteiger partial charge in [0.15, 0.2) is 0 Å². The number of ether oxygens (including phenoxy) is 1. The number of piperidine rings is 1. The maximum atomic E-state index is 13.0. The summed E-state index contributed by atoms with van der Waals surface area (Å²) in [7, 11) is 0. The highest BCUT2D eigenvalue weighted by molar-refractivity contribution is 5.78. The molecule has 2 aromatic carbocycles. The van der Waals surface area contributed by atoms with E-state index in [9.17, 15) is 4.79 Å². The SMILES string of the molecule is Cc1ccc(CC(=O)N2CCC3(CC2)CN(Cc2ccccc2)CC32CCOC2)cc1. The molecule has 0 bridgehead atoms. The summed E-state index contributed by atoms with van der Waals surface area (Å²) >= 11 is 0. The van der Waals surface area contributed by atoms with E-state index in [0.717, 1.165) is 70.8 Å². The average Bonchev–Trinajstić information content (AvgIpc) is 3.37. The molecule has 4 heteroatoms. The minimum Gasteiger partial charge on any atom is -0.381 e. The predicted molar refractivity (Wildman–Crippen MR) is 123 cm³/mol. The lowest BCUT2D eigenvalue weighted by molar-refractivity contribution is -0.134. The van der Waals surface area contributed by atoms with E-state index in [1.54, 1.807) is 0 Å². The van der Waals surface area contributed by atoms with Gasteiger partial charge < -0.3 is 9.64 Å². The van der Waals surface area contributed by atoms with Gasteiger partial charge in [0, 0.05) is 44.7 Å². The van der Waals surface area contributed by atoms with Crippen LogP contribution in [0.1, 0.15) is 36.0 Å². The third-order valence-corrected chi connectivity index (χ3v) is 8.08. The van der Waals surface area contributed by atoms with E-state index in [0.29, 0.717) is 6.42 Å². The molecular weight excluding hydrogens is 384 g/mol. The number of hydrogen-bond acceptors (Lipinski definition) is 3. The van der Waals surface area contributed by atoms with Gasteiger partial charge in [-0.15, -0.1) is 0 Å². The molecule has 2 aromatic rings. The van der Waals surface area contributed by atoms with Crippen LogP contribution < -0.4 is 0 Å². The molecule has 3 fully saturated rings. The van der Waals surface area contributed by atoms with Gasteiger partial charge in [-0.05, 0) is 42.7 Å². The summed E-state index contributed by atoms with van der Waals surface area (Å²) < 4.78 is 5.96. The number of carbonyl (C=O) groups excluding carboxylic acids is 1. The number of fused-ring (bicyclic) bond motifs is 1. The first-order valence-corrected chi connectivity index (χ1v) is 11.8. The van der Waals surface area contributed by atoms with Gasteiger partial charge in [-0.25, -0.2) is 0 Å². The van der Waals surface area contributed by atoms with Crippen LogP contribution >= 0.6 is 0 Å². The molecule has 0 aromatic heterocycles. The lowest BCUT2D eigenvalue weighted by Crippen LogP contribution is -2.51. The monoisotopic (exact) mass is 418 g/mol. The third kappa shape index (κ3) is 4.04. The zero-order valence-electron chi connectivity index (χ0n) is 18.7. The molecule has 3 aliphatic heterocycles. The molecule has 3 heterocycles. The zero-order chi connectivity index (χ0) is 21.3. The molecule has 4 nitrogen and oxygen atoms in total. The van der Waals surface area contributed by atoms with Gasteiger partial charge in [0.1, 0.15) is 0 Å². The molecule has 1 unspecified atom stereocenters. The number of amides is 1. The van der Waals surface area contributed by atoms with E-state index >= 15 is 0 Å². The van der Waals surface area contributed by atoms with Crippen molar-refractivity contribution in [3.63, 3.8) is 0 Å². The summed E-state index contributed by atoms with van der Waals surface area (Å²) in [6.45, 7) is 8.88. The zero-order valence-corrected chi connectivity index (χ0v) is 18.7. The Morgan fingerprint density at radius 2 is 1.61 bits per heavy atom. The number of nitrogens with zero attached hydrogens (tertiary/aromatic N) is 2. The van der Waals surface area contributed by atoms with Gasteiger partial charge in [-0.2, -0.15) is 0 Å². The highest BCUT2D eigenvalue weighted by Crippen LogP contribution is 2.57. The molecule has 164 valence electrons. The Morgan fingerprint density at radius 1 is 0.903 bits per heavy atom. The summed E-state index contributed by atoms with van der Waals surface area (Å²) in [6.07, 6.45) is 3.87. The molecular formula is C27H34N2O2. The fraction of sp³-hybridized carbons (Fsp3) is 0.519. The van der Waals surface area contributed by atoms with Crippen molar-refractivity contribution in [1.82, 2.24) is 9.80 Å². The molecule has 31 heavy (non-hydrogen) atoms. The largest absolute Gasteiger partial charge is 0.381 e. The standard InChI is InChI=1S/C27H34N2O2/c1-22-7-9-23(10-8-22)17-25(30)29-14-11-26(12-15-29)19-28(18-24-5-3-2-4-6-24)20-27(26)13-16-31-21-27/h2-10H,11-21H2,1H3. The van der Waals surface area contributed by atoms with Gasteiger partial charge in [-0.1, -0.05) is 60.2 Å². The Labute approximate surface area is 186 Å². The second kappa shape index (κ2) is 8.40. The number of rotatable bonds is 4. The predicted octanol–water partition coefficient (Wildman–Crippen LogP) is 4.07. The van der Waals surface area contributed by atoms with Crippen LogP contribution in [0.2, 0.25) is 0 Å². The van der Waals surface area contributed by atoms with E-state index < -0.39 is 0 Å². The van der Waals surface area contributed by atoms with Crippen LogP contribution in [0.3, 0.4) is 0 Å². The van der Waals surface area contributed by atoms with Crippen LogP contribution in [0.4, 0.5) is 0 Å². The lowest BCUT2D eigenvalue weighted by atomic mass is 9.60. The molecule has 2 spiro atoms. The van der Waals surface area contributed by atoms with Gasteiger partial charge in [-0.3, -0.25) is 9.69 Å². The molecule has 0 saturated carbocycles. The molecule has 0 N–H and O–H groups in total. The normalized spacial score (nSPS) is 25.5. The fourth-order valence-electron chi connectivity index (χ4n) is 6.22. The topological polar surface area (TPSA) is 32.8 Å². The highest BCUT2D eigenvalue weighted by atomic mass is 16.5. The van der Waals surface area contributed by atoms with Crippen molar-refractivity contribution < 1.29 is 9.53 Å². The minimum absolute atomic E-state index is 0.258. The Morgan fingerprint density at radius 3 is 2.29 bits per heavy atom. The molecule has 3 aliphatic rings. The van der Waals surface area contributed by atoms with E-state index in [-0.39, 0.29) is 16.7 Å². The Bertz CT molecular complexity index is 895. The van der Waals surface area contributed by atoms with E-state index in [1.165, 1.54) is 11.1 Å². The van der Waals surface area contributed by atoms with E-state index in [4.69, 9.17) is 4.74 Å². The molecule has 1 atom stereocenters. The highest BCUT2D eigenvalue weighted by Gasteiger charge is 2.59. The molecule has 3 saturated heterocycles. The molecule has 0 radical (unpaired) electrons. The van der Waals surface area contributed by atoms with Crippen LogP contribution in [-0.4, -0.2) is 55.1 Å². The van der Waals surface area contributed by atoms with Crippen molar-refractivity contribution in [1.29, 1.82) is 0 Å². The molecule has 0 aliphatic carbocycles. The van der Waals surface area contributed by atoms with Crippen LogP contribution in [0.5, 0.6) is 0 Å². The second-order valence-corrected chi connectivity index (χ2v) is 10.0. The Hall–Kier alpha value is -2.17. The van der Waals surface area contributed by atoms with Crippen molar-refractivity contribution in [2.75, 3.05) is 39.4 Å². The maximum Gasteiger partial charge on any atom is 0.226 e. The summed E-state index contributed by atoms with van der Waals surface area (Å²) in [5, 5.41) is 0. The Kier molecular flexibility index (Phi) is 5.61. The van der Waals surface area contributed by atoms with Crippen LogP contribution in [0.15, 0.2) is 54.6 Å². The fourth-order valence-corrected chi connectivity index (χ4v) is 6.22. The summed E-state index contributed by atoms with van der Waals surface area (Å²) in [5.74, 6) is 0.273. The van der Waals surface area contributed by atoms with Gasteiger partial charge in [0.25, 0.3) is 0 Å². The van der Waals surface area contributed by atoms with Crippen molar-refractivity contribution >= 4 is 5.91 Å². The maximum absolute atomic E-state index is 13.0. The second-order valence-electron chi connectivity index (χ2n) is 10.0. The number of carbonyl (C=O) groups is 1. The Balaban J connectivity index is 1.26. The van der Waals surface area contributed by atoms with Crippen molar-refractivity contribution in [2.45, 2.75) is 39.2 Å². The van der Waals surface area contributed by atoms with Crippen LogP contribution in [0, 0.1) is 17.8 Å². The number of aryl methyl sites for hydroxylation is 1. The van der Waals surface area contributed by atoms with Crippen molar-refractivity contribution in [3.8, 4) is 0 Å². The van der Waals surface area contributed by atoms with E-state index in [1.807, 2.05) is 0 Å². The van der Waals surface area contributed by atoms with Gasteiger partial charge in [0.05, 0.1) is 13.0 Å². The van der Waals surface area contributed by atoms with Gasteiger partial charge >= 0.3 is 0 Å². The van der Waals surface area contributed by atoms with Gasteiger partial charge in [0.2, 0.25) is 5.91 Å². The quantitative estimate of drug-likeness (QED) is 0.750. The number of hydrogen-bond donors (Lipinski definition) is 0. The lowest BCUT2D eigenvalue weighted by Gasteiger charge is -2.47. The third-order valence-electron chi connectivity index (χ3n) is 8.08. The van der Waals surface area contributed by atoms with Crippen molar-refractivity contribution in [3.05, 3.63) is 71.3 Å².